The molecule has 1 saturated heterocycles. The van der Waals surface area contributed by atoms with Crippen molar-refractivity contribution in [2.24, 2.45) is 0 Å². The molecule has 1 rings (SSSR count). The van der Waals surface area contributed by atoms with Crippen LogP contribution in [0.25, 0.3) is 0 Å². The standard InChI is InChI=1S/C10H21NO/c1-5-11(4)10-6-8(2)12-9(3)7-10/h8-10H,5-7H2,1-4H3/t8-,9?,10?/m0/s1. The molecule has 1 heterocycles. The summed E-state index contributed by atoms with van der Waals surface area (Å²) in [5.74, 6) is 0. The zero-order chi connectivity index (χ0) is 9.14. The normalized spacial score (nSPS) is 37.2. The molecule has 0 radical (unpaired) electrons. The second kappa shape index (κ2) is 4.24. The van der Waals surface area contributed by atoms with Crippen molar-refractivity contribution < 1.29 is 4.74 Å². The molecule has 72 valence electrons. The molecule has 0 bridgehead atoms. The Hall–Kier alpha value is -0.0800. The summed E-state index contributed by atoms with van der Waals surface area (Å²) >= 11 is 0. The fourth-order valence-electron chi connectivity index (χ4n) is 1.99. The predicted molar refractivity (Wildman–Crippen MR) is 51.3 cm³/mol. The van der Waals surface area contributed by atoms with E-state index in [1.165, 1.54) is 12.8 Å². The van der Waals surface area contributed by atoms with Gasteiger partial charge in [-0.1, -0.05) is 6.92 Å². The van der Waals surface area contributed by atoms with Crippen LogP contribution >= 0.6 is 0 Å². The van der Waals surface area contributed by atoms with Gasteiger partial charge in [-0.15, -0.1) is 0 Å². The second-order valence-electron chi connectivity index (χ2n) is 3.96. The summed E-state index contributed by atoms with van der Waals surface area (Å²) in [5.41, 5.74) is 0. The van der Waals surface area contributed by atoms with Crippen LogP contribution in [0.3, 0.4) is 0 Å². The second-order valence-corrected chi connectivity index (χ2v) is 3.96. The predicted octanol–water partition coefficient (Wildman–Crippen LogP) is 1.89. The quantitative estimate of drug-likeness (QED) is 0.629. The SMILES string of the molecule is CCN(C)C1CC(C)O[C@@H](C)C1. The van der Waals surface area contributed by atoms with Crippen molar-refractivity contribution in [2.75, 3.05) is 13.6 Å². The molecule has 1 fully saturated rings. The van der Waals surface area contributed by atoms with Crippen LogP contribution in [0.4, 0.5) is 0 Å². The molecule has 0 spiro atoms. The minimum absolute atomic E-state index is 0.438. The first kappa shape index (κ1) is 10.0. The van der Waals surface area contributed by atoms with Gasteiger partial charge in [-0.25, -0.2) is 0 Å². The van der Waals surface area contributed by atoms with Gasteiger partial charge in [0.05, 0.1) is 12.2 Å². The molecule has 2 unspecified atom stereocenters. The van der Waals surface area contributed by atoms with E-state index >= 15 is 0 Å². The summed E-state index contributed by atoms with van der Waals surface area (Å²) in [6.07, 6.45) is 3.25. The van der Waals surface area contributed by atoms with Crippen LogP contribution in [0.1, 0.15) is 33.6 Å². The van der Waals surface area contributed by atoms with Crippen LogP contribution in [0.2, 0.25) is 0 Å². The molecule has 0 N–H and O–H groups in total. The third-order valence-electron chi connectivity index (χ3n) is 2.79. The lowest BCUT2D eigenvalue weighted by molar-refractivity contribution is -0.0605. The number of ether oxygens (including phenoxy) is 1. The number of nitrogens with zero attached hydrogens (tertiary/aromatic N) is 1. The summed E-state index contributed by atoms with van der Waals surface area (Å²) in [6.45, 7) is 7.70. The molecule has 2 heteroatoms. The highest BCUT2D eigenvalue weighted by atomic mass is 16.5. The molecule has 0 aromatic heterocycles. The highest BCUT2D eigenvalue weighted by Gasteiger charge is 2.26. The molecule has 0 saturated carbocycles. The number of hydrogen-bond donors (Lipinski definition) is 0. The zero-order valence-corrected chi connectivity index (χ0v) is 8.71. The van der Waals surface area contributed by atoms with Crippen LogP contribution in [0, 0.1) is 0 Å². The third-order valence-corrected chi connectivity index (χ3v) is 2.79. The van der Waals surface area contributed by atoms with Gasteiger partial charge >= 0.3 is 0 Å². The molecule has 3 atom stereocenters. The van der Waals surface area contributed by atoms with Gasteiger partial charge in [0.15, 0.2) is 0 Å². The highest BCUT2D eigenvalue weighted by Crippen LogP contribution is 2.22. The van der Waals surface area contributed by atoms with Crippen molar-refractivity contribution in [2.45, 2.75) is 51.9 Å². The molecular weight excluding hydrogens is 150 g/mol. The van der Waals surface area contributed by atoms with E-state index in [2.05, 4.69) is 32.7 Å². The number of hydrogen-bond acceptors (Lipinski definition) is 2. The average Bonchev–Trinajstić information content (AvgIpc) is 2.01. The van der Waals surface area contributed by atoms with E-state index in [0.29, 0.717) is 12.2 Å². The van der Waals surface area contributed by atoms with Gasteiger partial charge < -0.3 is 9.64 Å². The van der Waals surface area contributed by atoms with Crippen LogP contribution in [-0.2, 0) is 4.74 Å². The molecule has 0 amide bonds. The Labute approximate surface area is 75.9 Å². The first-order chi connectivity index (χ1) is 5.63. The van der Waals surface area contributed by atoms with Crippen LogP contribution < -0.4 is 0 Å². The molecule has 0 aromatic rings. The lowest BCUT2D eigenvalue weighted by Crippen LogP contribution is -2.42. The van der Waals surface area contributed by atoms with Gasteiger partial charge in [-0.2, -0.15) is 0 Å². The van der Waals surface area contributed by atoms with E-state index in [1.54, 1.807) is 0 Å². The van der Waals surface area contributed by atoms with E-state index in [1.807, 2.05) is 0 Å². The zero-order valence-electron chi connectivity index (χ0n) is 8.71. The molecule has 1 aliphatic heterocycles. The summed E-state index contributed by atoms with van der Waals surface area (Å²) in [5, 5.41) is 0. The van der Waals surface area contributed by atoms with Crippen LogP contribution in [0.15, 0.2) is 0 Å². The Kier molecular flexibility index (Phi) is 3.53. The summed E-state index contributed by atoms with van der Waals surface area (Å²) in [6, 6.07) is 0.730. The lowest BCUT2D eigenvalue weighted by atomic mass is 9.99. The van der Waals surface area contributed by atoms with Crippen molar-refractivity contribution in [3.8, 4) is 0 Å². The molecule has 1 aliphatic rings. The Morgan fingerprint density at radius 2 is 1.75 bits per heavy atom. The van der Waals surface area contributed by atoms with E-state index in [9.17, 15) is 0 Å². The molecule has 2 nitrogen and oxygen atoms in total. The fourth-order valence-corrected chi connectivity index (χ4v) is 1.99. The monoisotopic (exact) mass is 171 g/mol. The van der Waals surface area contributed by atoms with E-state index < -0.39 is 0 Å². The van der Waals surface area contributed by atoms with Crippen molar-refractivity contribution in [1.82, 2.24) is 4.90 Å². The van der Waals surface area contributed by atoms with Gasteiger partial charge in [0.25, 0.3) is 0 Å². The first-order valence-corrected chi connectivity index (χ1v) is 4.99. The Morgan fingerprint density at radius 3 is 2.17 bits per heavy atom. The Morgan fingerprint density at radius 1 is 1.25 bits per heavy atom. The van der Waals surface area contributed by atoms with Crippen LogP contribution in [-0.4, -0.2) is 36.7 Å². The summed E-state index contributed by atoms with van der Waals surface area (Å²) in [7, 11) is 2.20. The minimum Gasteiger partial charge on any atom is -0.375 e. The smallest absolute Gasteiger partial charge is 0.0565 e. The summed E-state index contributed by atoms with van der Waals surface area (Å²) in [4.78, 5) is 2.43. The van der Waals surface area contributed by atoms with Gasteiger partial charge in [0.2, 0.25) is 0 Å². The van der Waals surface area contributed by atoms with E-state index in [0.717, 1.165) is 12.6 Å². The maximum Gasteiger partial charge on any atom is 0.0565 e. The van der Waals surface area contributed by atoms with Crippen molar-refractivity contribution in [3.63, 3.8) is 0 Å². The Bertz CT molecular complexity index is 128. The maximum absolute atomic E-state index is 5.68. The maximum atomic E-state index is 5.68. The largest absolute Gasteiger partial charge is 0.375 e. The Balaban J connectivity index is 2.43. The van der Waals surface area contributed by atoms with Crippen LogP contribution in [0.5, 0.6) is 0 Å². The van der Waals surface area contributed by atoms with E-state index in [4.69, 9.17) is 4.74 Å². The third kappa shape index (κ3) is 2.46. The van der Waals surface area contributed by atoms with Gasteiger partial charge in [-0.3, -0.25) is 0 Å². The number of rotatable bonds is 2. The average molecular weight is 171 g/mol. The van der Waals surface area contributed by atoms with Gasteiger partial charge in [0.1, 0.15) is 0 Å². The summed E-state index contributed by atoms with van der Waals surface area (Å²) < 4.78 is 5.68. The van der Waals surface area contributed by atoms with Gasteiger partial charge in [-0.05, 0) is 40.3 Å². The lowest BCUT2D eigenvalue weighted by Gasteiger charge is -2.37. The molecule has 0 aliphatic carbocycles. The highest BCUT2D eigenvalue weighted by molar-refractivity contribution is 4.78. The topological polar surface area (TPSA) is 12.5 Å². The van der Waals surface area contributed by atoms with Crippen molar-refractivity contribution in [3.05, 3.63) is 0 Å². The minimum atomic E-state index is 0.438. The van der Waals surface area contributed by atoms with Gasteiger partial charge in [0, 0.05) is 6.04 Å². The van der Waals surface area contributed by atoms with E-state index in [-0.39, 0.29) is 0 Å². The molecule has 0 aromatic carbocycles. The van der Waals surface area contributed by atoms with Crippen molar-refractivity contribution in [1.29, 1.82) is 0 Å². The molecule has 12 heavy (non-hydrogen) atoms. The first-order valence-electron chi connectivity index (χ1n) is 4.99. The van der Waals surface area contributed by atoms with Crippen molar-refractivity contribution >= 4 is 0 Å². The molecular formula is C10H21NO. The fraction of sp³-hybridized carbons (Fsp3) is 1.00.